The van der Waals surface area contributed by atoms with Crippen LogP contribution in [0.15, 0.2) is 47.6 Å². The molecule has 0 fully saturated rings. The second kappa shape index (κ2) is 7.61. The van der Waals surface area contributed by atoms with Crippen molar-refractivity contribution in [1.29, 1.82) is 0 Å². The van der Waals surface area contributed by atoms with Gasteiger partial charge in [-0.2, -0.15) is 14.5 Å². The minimum Gasteiger partial charge on any atom is -0.272 e. The highest BCUT2D eigenvalue weighted by Crippen LogP contribution is 2.21. The third kappa shape index (κ3) is 4.09. The summed E-state index contributed by atoms with van der Waals surface area (Å²) in [7, 11) is -0.267. The number of rotatable bonds is 7. The molecule has 9 heteroatoms. The lowest BCUT2D eigenvalue weighted by Gasteiger charge is -2.22. The molecular weight excluding hydrogens is 369 g/mol. The normalized spacial score (nSPS) is 12.0. The van der Waals surface area contributed by atoms with E-state index < -0.39 is 10.0 Å². The molecule has 0 radical (unpaired) electrons. The monoisotopic (exact) mass is 391 g/mol. The van der Waals surface area contributed by atoms with E-state index in [-0.39, 0.29) is 23.8 Å². The maximum absolute atomic E-state index is 13.3. The Morgan fingerprint density at radius 1 is 1.07 bits per heavy atom. The number of aromatic nitrogens is 4. The van der Waals surface area contributed by atoms with Crippen LogP contribution < -0.4 is 0 Å². The van der Waals surface area contributed by atoms with Gasteiger partial charge in [-0.3, -0.25) is 9.36 Å². The molecule has 27 heavy (non-hydrogen) atoms. The Balaban J connectivity index is 1.90. The summed E-state index contributed by atoms with van der Waals surface area (Å²) in [5.41, 5.74) is 2.22. The number of sulfonamides is 1. The summed E-state index contributed by atoms with van der Waals surface area (Å²) in [5, 5.41) is 8.17. The van der Waals surface area contributed by atoms with Gasteiger partial charge in [0.15, 0.2) is 0 Å². The van der Waals surface area contributed by atoms with E-state index in [1.807, 2.05) is 0 Å². The number of hydrogen-bond donors (Lipinski definition) is 0. The Labute approximate surface area is 158 Å². The van der Waals surface area contributed by atoms with Crippen LogP contribution in [0.2, 0.25) is 0 Å². The van der Waals surface area contributed by atoms with Crippen LogP contribution in [0.25, 0.3) is 0 Å². The second-order valence-corrected chi connectivity index (χ2v) is 8.29. The molecule has 2 aromatic heterocycles. The fraction of sp³-hybridized carbons (Fsp3) is 0.333. The predicted octanol–water partition coefficient (Wildman–Crippen LogP) is 2.03. The first-order valence-electron chi connectivity index (χ1n) is 8.49. The van der Waals surface area contributed by atoms with Crippen molar-refractivity contribution in [3.63, 3.8) is 0 Å². The van der Waals surface area contributed by atoms with Crippen LogP contribution in [-0.4, -0.2) is 38.8 Å². The lowest BCUT2D eigenvalue weighted by molar-refractivity contribution is 0.398. The molecule has 7 nitrogen and oxygen atoms in total. The zero-order valence-electron chi connectivity index (χ0n) is 15.5. The van der Waals surface area contributed by atoms with Gasteiger partial charge in [0.05, 0.1) is 24.1 Å². The highest BCUT2D eigenvalue weighted by molar-refractivity contribution is 7.89. The molecule has 3 aromatic rings. The number of benzene rings is 1. The fourth-order valence-corrected chi connectivity index (χ4v) is 4.39. The molecule has 0 aliphatic heterocycles. The molecule has 2 heterocycles. The number of hydrogen-bond acceptors (Lipinski definition) is 4. The van der Waals surface area contributed by atoms with Gasteiger partial charge in [-0.1, -0.05) is 12.1 Å². The zero-order chi connectivity index (χ0) is 19.6. The van der Waals surface area contributed by atoms with E-state index in [1.54, 1.807) is 50.1 Å². The number of halogens is 1. The molecular formula is C18H22FN5O2S. The van der Waals surface area contributed by atoms with Gasteiger partial charge in [-0.25, -0.2) is 12.8 Å². The van der Waals surface area contributed by atoms with Gasteiger partial charge >= 0.3 is 0 Å². The predicted molar refractivity (Wildman–Crippen MR) is 98.9 cm³/mol. The summed E-state index contributed by atoms with van der Waals surface area (Å²) >= 11 is 0. The van der Waals surface area contributed by atoms with E-state index in [2.05, 4.69) is 10.2 Å². The van der Waals surface area contributed by atoms with E-state index >= 15 is 0 Å². The Morgan fingerprint density at radius 2 is 1.78 bits per heavy atom. The highest BCUT2D eigenvalue weighted by Gasteiger charge is 2.28. The van der Waals surface area contributed by atoms with Crippen LogP contribution >= 0.6 is 0 Å². The summed E-state index contributed by atoms with van der Waals surface area (Å²) in [6.07, 6.45) is 3.48. The van der Waals surface area contributed by atoms with Gasteiger partial charge in [0.2, 0.25) is 10.0 Å². The Morgan fingerprint density at radius 3 is 2.33 bits per heavy atom. The van der Waals surface area contributed by atoms with E-state index in [9.17, 15) is 12.8 Å². The molecule has 144 valence electrons. The van der Waals surface area contributed by atoms with Crippen molar-refractivity contribution in [1.82, 2.24) is 23.9 Å². The first-order chi connectivity index (χ1) is 12.8. The van der Waals surface area contributed by atoms with Crippen molar-refractivity contribution in [3.8, 4) is 0 Å². The van der Waals surface area contributed by atoms with E-state index in [4.69, 9.17) is 0 Å². The second-order valence-electron chi connectivity index (χ2n) is 6.38. The van der Waals surface area contributed by atoms with Gasteiger partial charge in [0.25, 0.3) is 0 Å². The highest BCUT2D eigenvalue weighted by atomic mass is 32.2. The summed E-state index contributed by atoms with van der Waals surface area (Å²) < 4.78 is 44.2. The van der Waals surface area contributed by atoms with Crippen LogP contribution in [0.4, 0.5) is 4.39 Å². The molecule has 0 unspecified atom stereocenters. The van der Waals surface area contributed by atoms with E-state index in [0.717, 1.165) is 11.3 Å². The quantitative estimate of drug-likeness (QED) is 0.618. The van der Waals surface area contributed by atoms with Crippen molar-refractivity contribution in [2.75, 3.05) is 6.54 Å². The largest absolute Gasteiger partial charge is 0.272 e. The smallest absolute Gasteiger partial charge is 0.246 e. The van der Waals surface area contributed by atoms with Gasteiger partial charge < -0.3 is 0 Å². The first-order valence-corrected chi connectivity index (χ1v) is 9.93. The minimum absolute atomic E-state index is 0.186. The maximum Gasteiger partial charge on any atom is 0.246 e. The SMILES string of the molecule is Cc1c(S(=O)(=O)N(CCc2ccc(F)cc2)Cc2ccnn2C)cnn1C. The fourth-order valence-electron chi connectivity index (χ4n) is 2.80. The van der Waals surface area contributed by atoms with Crippen molar-refractivity contribution in [2.45, 2.75) is 24.8 Å². The van der Waals surface area contributed by atoms with Crippen LogP contribution in [0.1, 0.15) is 17.0 Å². The van der Waals surface area contributed by atoms with Gasteiger partial charge in [-0.15, -0.1) is 0 Å². The topological polar surface area (TPSA) is 73.0 Å². The third-order valence-electron chi connectivity index (χ3n) is 4.63. The van der Waals surface area contributed by atoms with Crippen molar-refractivity contribution in [2.24, 2.45) is 14.1 Å². The van der Waals surface area contributed by atoms with Gasteiger partial charge in [0.1, 0.15) is 10.7 Å². The van der Waals surface area contributed by atoms with Crippen LogP contribution in [-0.2, 0) is 37.1 Å². The summed E-state index contributed by atoms with van der Waals surface area (Å²) in [6, 6.07) is 7.87. The van der Waals surface area contributed by atoms with Crippen molar-refractivity contribution in [3.05, 3.63) is 65.5 Å². The minimum atomic E-state index is -3.75. The average molecular weight is 391 g/mol. The standard InChI is InChI=1S/C18H22FN5O2S/c1-14-18(12-21-22(14)2)27(25,26)24(13-17-8-10-20-23(17)3)11-9-15-4-6-16(19)7-5-15/h4-8,10,12H,9,11,13H2,1-3H3. The Bertz CT molecular complexity index is 1020. The van der Waals surface area contributed by atoms with Crippen molar-refractivity contribution < 1.29 is 12.8 Å². The van der Waals surface area contributed by atoms with Gasteiger partial charge in [-0.05, 0) is 37.1 Å². The zero-order valence-corrected chi connectivity index (χ0v) is 16.3. The number of aryl methyl sites for hydroxylation is 2. The molecule has 0 aliphatic carbocycles. The third-order valence-corrected chi connectivity index (χ3v) is 6.58. The van der Waals surface area contributed by atoms with Crippen LogP contribution in [0.3, 0.4) is 0 Å². The van der Waals surface area contributed by atoms with Crippen molar-refractivity contribution >= 4 is 10.0 Å². The first kappa shape index (κ1) is 19.2. The molecule has 1 aromatic carbocycles. The lowest BCUT2D eigenvalue weighted by atomic mass is 10.1. The molecule has 0 N–H and O–H groups in total. The van der Waals surface area contributed by atoms with E-state index in [0.29, 0.717) is 12.1 Å². The maximum atomic E-state index is 13.3. The van der Waals surface area contributed by atoms with Gasteiger partial charge in [0, 0.05) is 26.8 Å². The molecule has 0 bridgehead atoms. The molecule has 0 aliphatic rings. The molecule has 0 saturated heterocycles. The lowest BCUT2D eigenvalue weighted by Crippen LogP contribution is -2.33. The van der Waals surface area contributed by atoms with E-state index in [1.165, 1.54) is 27.3 Å². The van der Waals surface area contributed by atoms with Crippen LogP contribution in [0, 0.1) is 12.7 Å². The average Bonchev–Trinajstić information content (AvgIpc) is 3.19. The summed E-state index contributed by atoms with van der Waals surface area (Å²) in [6.45, 7) is 2.17. The molecule has 0 spiro atoms. The summed E-state index contributed by atoms with van der Waals surface area (Å²) in [4.78, 5) is 0.186. The van der Waals surface area contributed by atoms with Crippen LogP contribution in [0.5, 0.6) is 0 Å². The molecule has 0 saturated carbocycles. The molecule has 0 atom stereocenters. The summed E-state index contributed by atoms with van der Waals surface area (Å²) in [5.74, 6) is -0.316. The molecule has 0 amide bonds. The Hall–Kier alpha value is -2.52. The Kier molecular flexibility index (Phi) is 5.43. The molecule has 3 rings (SSSR count). The number of nitrogens with zero attached hydrogens (tertiary/aromatic N) is 5.